The fourth-order valence-corrected chi connectivity index (χ4v) is 3.03. The summed E-state index contributed by atoms with van der Waals surface area (Å²) in [5, 5.41) is 11.7. The van der Waals surface area contributed by atoms with E-state index >= 15 is 0 Å². The van der Waals surface area contributed by atoms with Crippen molar-refractivity contribution in [3.63, 3.8) is 0 Å². The number of benzene rings is 2. The molecule has 0 atom stereocenters. The highest BCUT2D eigenvalue weighted by Crippen LogP contribution is 2.11. The Morgan fingerprint density at radius 1 is 1.11 bits per heavy atom. The summed E-state index contributed by atoms with van der Waals surface area (Å²) >= 11 is 0. The maximum absolute atomic E-state index is 12.1. The third kappa shape index (κ3) is 5.81. The van der Waals surface area contributed by atoms with Crippen LogP contribution in [0.5, 0.6) is 5.75 Å². The summed E-state index contributed by atoms with van der Waals surface area (Å²) in [7, 11) is 0. The molecule has 0 spiro atoms. The normalized spacial score (nSPS) is 14.3. The molecule has 0 radical (unpaired) electrons. The molecular formula is C21H24N3O3+. The number of nitrogens with one attached hydrogen (secondary N) is 2. The van der Waals surface area contributed by atoms with E-state index in [-0.39, 0.29) is 12.5 Å². The van der Waals surface area contributed by atoms with Crippen LogP contribution in [0.3, 0.4) is 0 Å². The molecule has 0 aromatic heterocycles. The van der Waals surface area contributed by atoms with Crippen LogP contribution in [0.1, 0.15) is 16.7 Å². The predicted octanol–water partition coefficient (Wildman–Crippen LogP) is 0.669. The van der Waals surface area contributed by atoms with E-state index in [0.29, 0.717) is 17.9 Å². The van der Waals surface area contributed by atoms with Crippen molar-refractivity contribution >= 4 is 5.91 Å². The quantitative estimate of drug-likeness (QED) is 0.755. The smallest absolute Gasteiger partial charge is 0.258 e. The first-order valence-electron chi connectivity index (χ1n) is 9.12. The summed E-state index contributed by atoms with van der Waals surface area (Å²) in [5.41, 5.74) is 2.94. The van der Waals surface area contributed by atoms with E-state index in [1.54, 1.807) is 24.3 Å². The minimum absolute atomic E-state index is 0.0528. The first-order valence-corrected chi connectivity index (χ1v) is 9.12. The molecule has 1 amide bonds. The van der Waals surface area contributed by atoms with Gasteiger partial charge in [-0.25, -0.2) is 0 Å². The zero-order valence-corrected chi connectivity index (χ0v) is 15.2. The third-order valence-electron chi connectivity index (χ3n) is 4.59. The topological polar surface area (TPSA) is 75.8 Å². The predicted molar refractivity (Wildman–Crippen MR) is 100 cm³/mol. The van der Waals surface area contributed by atoms with E-state index in [0.717, 1.165) is 38.4 Å². The number of amides is 1. The number of nitrogens with zero attached hydrogens (tertiary/aromatic N) is 1. The van der Waals surface area contributed by atoms with Gasteiger partial charge in [-0.3, -0.25) is 4.79 Å². The van der Waals surface area contributed by atoms with Crippen molar-refractivity contribution in [1.82, 2.24) is 5.32 Å². The highest BCUT2D eigenvalue weighted by atomic mass is 16.5. The summed E-state index contributed by atoms with van der Waals surface area (Å²) in [6.45, 7) is 5.01. The van der Waals surface area contributed by atoms with Crippen LogP contribution in [0, 0.1) is 11.3 Å². The van der Waals surface area contributed by atoms with Gasteiger partial charge in [-0.05, 0) is 29.8 Å². The van der Waals surface area contributed by atoms with E-state index in [1.807, 2.05) is 18.2 Å². The average molecular weight is 366 g/mol. The van der Waals surface area contributed by atoms with Crippen molar-refractivity contribution in [2.24, 2.45) is 0 Å². The van der Waals surface area contributed by atoms with Gasteiger partial charge in [0.05, 0.1) is 24.8 Å². The van der Waals surface area contributed by atoms with Gasteiger partial charge in [-0.1, -0.05) is 24.3 Å². The molecule has 27 heavy (non-hydrogen) atoms. The largest absolute Gasteiger partial charge is 0.484 e. The molecule has 2 aromatic carbocycles. The standard InChI is InChI=1S/C21H23N3O3/c22-13-17-5-7-20(8-6-17)27-16-21(25)23-14-18-3-1-2-4-19(18)15-24-9-11-26-12-10-24/h1-8H,9-12,14-16H2,(H,23,25)/p+1. The molecule has 0 aliphatic carbocycles. The molecule has 2 aromatic rings. The number of ether oxygens (including phenoxy) is 2. The number of morpholine rings is 1. The zero-order valence-electron chi connectivity index (χ0n) is 15.2. The monoisotopic (exact) mass is 366 g/mol. The second-order valence-electron chi connectivity index (χ2n) is 6.51. The SMILES string of the molecule is N#Cc1ccc(OCC(=O)NCc2ccccc2C[NH+]2CCOCC2)cc1. The number of carbonyl (C=O) groups excluding carboxylic acids is 1. The van der Waals surface area contributed by atoms with E-state index in [4.69, 9.17) is 14.7 Å². The van der Waals surface area contributed by atoms with Gasteiger partial charge < -0.3 is 19.7 Å². The van der Waals surface area contributed by atoms with Crippen molar-refractivity contribution in [3.8, 4) is 11.8 Å². The molecule has 6 nitrogen and oxygen atoms in total. The minimum atomic E-state index is -0.173. The van der Waals surface area contributed by atoms with Gasteiger partial charge in [0.1, 0.15) is 25.4 Å². The molecule has 1 fully saturated rings. The van der Waals surface area contributed by atoms with Gasteiger partial charge in [-0.2, -0.15) is 5.26 Å². The Morgan fingerprint density at radius 2 is 1.81 bits per heavy atom. The maximum atomic E-state index is 12.1. The highest BCUT2D eigenvalue weighted by Gasteiger charge is 2.16. The van der Waals surface area contributed by atoms with Crippen LogP contribution in [0.4, 0.5) is 0 Å². The van der Waals surface area contributed by atoms with Crippen LogP contribution in [-0.2, 0) is 22.6 Å². The Morgan fingerprint density at radius 3 is 2.52 bits per heavy atom. The lowest BCUT2D eigenvalue weighted by Crippen LogP contribution is -3.12. The fourth-order valence-electron chi connectivity index (χ4n) is 3.03. The molecule has 2 N–H and O–H groups in total. The second-order valence-corrected chi connectivity index (χ2v) is 6.51. The van der Waals surface area contributed by atoms with Crippen LogP contribution in [0.15, 0.2) is 48.5 Å². The van der Waals surface area contributed by atoms with Crippen LogP contribution in [-0.4, -0.2) is 38.8 Å². The molecule has 6 heteroatoms. The Labute approximate surface area is 159 Å². The molecule has 1 heterocycles. The van der Waals surface area contributed by atoms with Crippen molar-refractivity contribution in [2.75, 3.05) is 32.9 Å². The van der Waals surface area contributed by atoms with Gasteiger partial charge in [0, 0.05) is 12.1 Å². The number of carbonyl (C=O) groups is 1. The van der Waals surface area contributed by atoms with E-state index in [9.17, 15) is 4.79 Å². The van der Waals surface area contributed by atoms with Gasteiger partial charge >= 0.3 is 0 Å². The highest BCUT2D eigenvalue weighted by molar-refractivity contribution is 5.77. The molecule has 1 saturated heterocycles. The summed E-state index contributed by atoms with van der Waals surface area (Å²) in [4.78, 5) is 13.6. The molecule has 140 valence electrons. The molecule has 3 rings (SSSR count). The Bertz CT molecular complexity index is 793. The van der Waals surface area contributed by atoms with Gasteiger partial charge in [-0.15, -0.1) is 0 Å². The third-order valence-corrected chi connectivity index (χ3v) is 4.59. The number of hydrogen-bond acceptors (Lipinski definition) is 4. The minimum Gasteiger partial charge on any atom is -0.484 e. The average Bonchev–Trinajstić information content (AvgIpc) is 2.73. The summed E-state index contributed by atoms with van der Waals surface area (Å²) < 4.78 is 10.9. The van der Waals surface area contributed by atoms with Crippen LogP contribution < -0.4 is 15.0 Å². The van der Waals surface area contributed by atoms with Crippen LogP contribution in [0.2, 0.25) is 0 Å². The Balaban J connectivity index is 1.48. The summed E-state index contributed by atoms with van der Waals surface area (Å²) in [6, 6.07) is 17.0. The number of hydrogen-bond donors (Lipinski definition) is 2. The first kappa shape index (κ1) is 18.9. The van der Waals surface area contributed by atoms with Gasteiger partial charge in [0.2, 0.25) is 0 Å². The number of quaternary nitrogens is 1. The molecular weight excluding hydrogens is 342 g/mol. The molecule has 0 saturated carbocycles. The van der Waals surface area contributed by atoms with Crippen LogP contribution >= 0.6 is 0 Å². The molecule has 1 aliphatic heterocycles. The summed E-state index contributed by atoms with van der Waals surface area (Å²) in [6.07, 6.45) is 0. The Hall–Kier alpha value is -2.88. The maximum Gasteiger partial charge on any atom is 0.258 e. The number of nitriles is 1. The lowest BCUT2D eigenvalue weighted by atomic mass is 10.1. The van der Waals surface area contributed by atoms with Crippen molar-refractivity contribution < 1.29 is 19.2 Å². The van der Waals surface area contributed by atoms with Crippen LogP contribution in [0.25, 0.3) is 0 Å². The van der Waals surface area contributed by atoms with E-state index < -0.39 is 0 Å². The number of rotatable bonds is 7. The van der Waals surface area contributed by atoms with E-state index in [2.05, 4.69) is 17.4 Å². The van der Waals surface area contributed by atoms with Crippen molar-refractivity contribution in [3.05, 3.63) is 65.2 Å². The lowest BCUT2D eigenvalue weighted by Gasteiger charge is -2.24. The van der Waals surface area contributed by atoms with E-state index in [1.165, 1.54) is 10.5 Å². The van der Waals surface area contributed by atoms with Crippen molar-refractivity contribution in [1.29, 1.82) is 5.26 Å². The fraction of sp³-hybridized carbons (Fsp3) is 0.333. The molecule has 1 aliphatic rings. The molecule has 0 bridgehead atoms. The second kappa shape index (κ2) is 9.72. The Kier molecular flexibility index (Phi) is 6.80. The van der Waals surface area contributed by atoms with Crippen molar-refractivity contribution in [2.45, 2.75) is 13.1 Å². The lowest BCUT2D eigenvalue weighted by molar-refractivity contribution is -0.921. The first-order chi connectivity index (χ1) is 13.2. The summed E-state index contributed by atoms with van der Waals surface area (Å²) in [5.74, 6) is 0.397. The van der Waals surface area contributed by atoms with Gasteiger partial charge in [0.15, 0.2) is 6.61 Å². The van der Waals surface area contributed by atoms with Gasteiger partial charge in [0.25, 0.3) is 5.91 Å². The zero-order chi connectivity index (χ0) is 18.9. The molecule has 0 unspecified atom stereocenters.